The Bertz CT molecular complexity index is 566. The molecule has 0 saturated carbocycles. The molecular weight excluding hydrogens is 272 g/mol. The Morgan fingerprint density at radius 3 is 2.65 bits per heavy atom. The van der Waals surface area contributed by atoms with Crippen molar-refractivity contribution in [1.29, 1.82) is 0 Å². The molecule has 0 spiro atoms. The number of thiazole rings is 1. The van der Waals surface area contributed by atoms with Crippen molar-refractivity contribution in [3.05, 3.63) is 40.7 Å². The molecule has 1 aromatic carbocycles. The zero-order chi connectivity index (χ0) is 14.5. The molecule has 2 N–H and O–H groups in total. The summed E-state index contributed by atoms with van der Waals surface area (Å²) >= 11 is 1.54. The predicted molar refractivity (Wildman–Crippen MR) is 80.7 cm³/mol. The van der Waals surface area contributed by atoms with Crippen LogP contribution in [-0.4, -0.2) is 22.1 Å². The minimum Gasteiger partial charge on any atom is -0.480 e. The summed E-state index contributed by atoms with van der Waals surface area (Å²) in [5, 5.41) is 15.1. The number of nitrogens with zero attached hydrogens (tertiary/aromatic N) is 1. The van der Waals surface area contributed by atoms with Gasteiger partial charge in [-0.3, -0.25) is 10.1 Å². The van der Waals surface area contributed by atoms with E-state index in [-0.39, 0.29) is 5.92 Å². The quantitative estimate of drug-likeness (QED) is 0.858. The lowest BCUT2D eigenvalue weighted by Crippen LogP contribution is -2.40. The molecule has 0 radical (unpaired) electrons. The number of nitrogens with one attached hydrogen (secondary N) is 1. The van der Waals surface area contributed by atoms with Crippen LogP contribution in [0.3, 0.4) is 0 Å². The number of carbonyl (C=O) groups is 1. The van der Waals surface area contributed by atoms with Gasteiger partial charge in [-0.2, -0.15) is 0 Å². The molecule has 20 heavy (non-hydrogen) atoms. The fourth-order valence-electron chi connectivity index (χ4n) is 1.94. The van der Waals surface area contributed by atoms with Crippen LogP contribution in [0, 0.1) is 5.92 Å². The minimum absolute atomic E-state index is 0.0426. The zero-order valence-corrected chi connectivity index (χ0v) is 12.4. The van der Waals surface area contributed by atoms with E-state index in [2.05, 4.69) is 10.3 Å². The highest BCUT2D eigenvalue weighted by atomic mass is 32.1. The maximum absolute atomic E-state index is 11.1. The number of carboxylic acids is 1. The van der Waals surface area contributed by atoms with Crippen molar-refractivity contribution in [3.8, 4) is 11.3 Å². The average Bonchev–Trinajstić information content (AvgIpc) is 2.88. The van der Waals surface area contributed by atoms with Crippen LogP contribution in [0.15, 0.2) is 35.7 Å². The summed E-state index contributed by atoms with van der Waals surface area (Å²) in [6.45, 7) is 4.26. The Morgan fingerprint density at radius 1 is 1.35 bits per heavy atom. The van der Waals surface area contributed by atoms with Gasteiger partial charge in [0, 0.05) is 17.5 Å². The number of aromatic nitrogens is 1. The van der Waals surface area contributed by atoms with Gasteiger partial charge in [0.1, 0.15) is 11.0 Å². The summed E-state index contributed by atoms with van der Waals surface area (Å²) in [5.74, 6) is -0.777. The van der Waals surface area contributed by atoms with Crippen LogP contribution < -0.4 is 5.32 Å². The minimum atomic E-state index is -0.820. The third-order valence-electron chi connectivity index (χ3n) is 3.03. The molecule has 1 aromatic heterocycles. The van der Waals surface area contributed by atoms with Gasteiger partial charge in [-0.15, -0.1) is 11.3 Å². The lowest BCUT2D eigenvalue weighted by molar-refractivity contribution is -0.140. The van der Waals surface area contributed by atoms with Crippen LogP contribution >= 0.6 is 11.3 Å². The fourth-order valence-corrected chi connectivity index (χ4v) is 2.69. The van der Waals surface area contributed by atoms with Crippen molar-refractivity contribution in [1.82, 2.24) is 10.3 Å². The molecule has 0 bridgehead atoms. The molecule has 0 aliphatic carbocycles. The molecule has 1 atom stereocenters. The highest BCUT2D eigenvalue weighted by Gasteiger charge is 2.20. The predicted octanol–water partition coefficient (Wildman–Crippen LogP) is 3.01. The molecule has 4 nitrogen and oxygen atoms in total. The van der Waals surface area contributed by atoms with Gasteiger partial charge in [-0.05, 0) is 5.92 Å². The first-order valence-electron chi connectivity index (χ1n) is 6.54. The maximum atomic E-state index is 11.1. The van der Waals surface area contributed by atoms with Gasteiger partial charge in [-0.1, -0.05) is 44.2 Å². The molecule has 2 aromatic rings. The Hall–Kier alpha value is -1.72. The topological polar surface area (TPSA) is 62.2 Å². The largest absolute Gasteiger partial charge is 0.480 e. The van der Waals surface area contributed by atoms with Crippen LogP contribution in [0.25, 0.3) is 11.3 Å². The number of benzene rings is 1. The second-order valence-electron chi connectivity index (χ2n) is 4.93. The van der Waals surface area contributed by atoms with Gasteiger partial charge >= 0.3 is 5.97 Å². The second kappa shape index (κ2) is 6.63. The van der Waals surface area contributed by atoms with Gasteiger partial charge in [0.2, 0.25) is 0 Å². The monoisotopic (exact) mass is 290 g/mol. The third kappa shape index (κ3) is 3.65. The Morgan fingerprint density at radius 2 is 2.05 bits per heavy atom. The second-order valence-corrected chi connectivity index (χ2v) is 5.88. The normalized spacial score (nSPS) is 12.6. The van der Waals surface area contributed by atoms with Crippen LogP contribution in [0.4, 0.5) is 0 Å². The molecule has 0 aliphatic heterocycles. The first kappa shape index (κ1) is 14.7. The van der Waals surface area contributed by atoms with E-state index >= 15 is 0 Å². The van der Waals surface area contributed by atoms with E-state index in [4.69, 9.17) is 5.11 Å². The number of hydrogen-bond donors (Lipinski definition) is 2. The Balaban J connectivity index is 2.02. The van der Waals surface area contributed by atoms with Crippen LogP contribution in [0.5, 0.6) is 0 Å². The van der Waals surface area contributed by atoms with Crippen LogP contribution in [0.1, 0.15) is 18.9 Å². The molecule has 106 valence electrons. The molecular formula is C15H18N2O2S. The molecule has 0 saturated heterocycles. The van der Waals surface area contributed by atoms with Crippen molar-refractivity contribution < 1.29 is 9.90 Å². The molecule has 0 fully saturated rings. The summed E-state index contributed by atoms with van der Waals surface area (Å²) in [6.07, 6.45) is 0. The fraction of sp³-hybridized carbons (Fsp3) is 0.333. The van der Waals surface area contributed by atoms with E-state index in [1.807, 2.05) is 49.6 Å². The molecule has 2 rings (SSSR count). The number of hydrogen-bond acceptors (Lipinski definition) is 4. The van der Waals surface area contributed by atoms with E-state index in [9.17, 15) is 4.79 Å². The highest BCUT2D eigenvalue weighted by molar-refractivity contribution is 7.09. The molecule has 0 aliphatic rings. The molecule has 5 heteroatoms. The first-order valence-corrected chi connectivity index (χ1v) is 7.42. The van der Waals surface area contributed by atoms with Crippen molar-refractivity contribution in [2.75, 3.05) is 0 Å². The summed E-state index contributed by atoms with van der Waals surface area (Å²) in [7, 11) is 0. The van der Waals surface area contributed by atoms with E-state index in [0.717, 1.165) is 16.3 Å². The van der Waals surface area contributed by atoms with Gasteiger partial charge in [0.15, 0.2) is 0 Å². The van der Waals surface area contributed by atoms with Crippen molar-refractivity contribution in [2.45, 2.75) is 26.4 Å². The summed E-state index contributed by atoms with van der Waals surface area (Å²) in [4.78, 5) is 15.6. The first-order chi connectivity index (χ1) is 9.58. The zero-order valence-electron chi connectivity index (χ0n) is 11.5. The highest BCUT2D eigenvalue weighted by Crippen LogP contribution is 2.21. The maximum Gasteiger partial charge on any atom is 0.320 e. The van der Waals surface area contributed by atoms with E-state index < -0.39 is 12.0 Å². The standard InChI is InChI=1S/C15H18N2O2S/c1-10(2)14(15(18)19)16-8-13-17-12(9-20-13)11-6-4-3-5-7-11/h3-7,9-10,14,16H,8H2,1-2H3,(H,18,19). The molecule has 1 unspecified atom stereocenters. The van der Waals surface area contributed by atoms with Crippen LogP contribution in [-0.2, 0) is 11.3 Å². The van der Waals surface area contributed by atoms with Crippen molar-refractivity contribution in [2.24, 2.45) is 5.92 Å². The Kier molecular flexibility index (Phi) is 4.87. The summed E-state index contributed by atoms with van der Waals surface area (Å²) in [5.41, 5.74) is 2.01. The van der Waals surface area contributed by atoms with Gasteiger partial charge in [0.25, 0.3) is 0 Å². The average molecular weight is 290 g/mol. The van der Waals surface area contributed by atoms with Gasteiger partial charge in [0.05, 0.1) is 5.69 Å². The number of carboxylic acid groups (broad SMARTS) is 1. The van der Waals surface area contributed by atoms with Gasteiger partial charge in [-0.25, -0.2) is 4.98 Å². The van der Waals surface area contributed by atoms with Crippen LogP contribution in [0.2, 0.25) is 0 Å². The number of rotatable bonds is 6. The van der Waals surface area contributed by atoms with E-state index in [0.29, 0.717) is 6.54 Å². The molecule has 0 amide bonds. The van der Waals surface area contributed by atoms with Crippen molar-refractivity contribution in [3.63, 3.8) is 0 Å². The third-order valence-corrected chi connectivity index (χ3v) is 3.88. The summed E-state index contributed by atoms with van der Waals surface area (Å²) < 4.78 is 0. The SMILES string of the molecule is CC(C)C(NCc1nc(-c2ccccc2)cs1)C(=O)O. The lowest BCUT2D eigenvalue weighted by Gasteiger charge is -2.16. The van der Waals surface area contributed by atoms with E-state index in [1.54, 1.807) is 11.3 Å². The van der Waals surface area contributed by atoms with E-state index in [1.165, 1.54) is 0 Å². The number of aliphatic carboxylic acids is 1. The van der Waals surface area contributed by atoms with Crippen molar-refractivity contribution >= 4 is 17.3 Å². The Labute approximate surface area is 122 Å². The molecule has 1 heterocycles. The lowest BCUT2D eigenvalue weighted by atomic mass is 10.1. The smallest absolute Gasteiger partial charge is 0.320 e. The van der Waals surface area contributed by atoms with Gasteiger partial charge < -0.3 is 5.11 Å². The summed E-state index contributed by atoms with van der Waals surface area (Å²) in [6, 6.07) is 9.41.